The average molecular weight is 654 g/mol. The molecule has 0 bridgehead atoms. The number of fused-ring (bicyclic) bond motifs is 3. The van der Waals surface area contributed by atoms with Crippen LogP contribution in [0.1, 0.15) is 30.4 Å². The highest BCUT2D eigenvalue weighted by Gasteiger charge is 2.48. The first-order valence-electron chi connectivity index (χ1n) is 14.5. The van der Waals surface area contributed by atoms with Gasteiger partial charge in [-0.25, -0.2) is 4.98 Å². The van der Waals surface area contributed by atoms with E-state index in [2.05, 4.69) is 49.2 Å². The molecule has 1 amide bonds. The van der Waals surface area contributed by atoms with E-state index in [4.69, 9.17) is 9.72 Å². The molecule has 3 heterocycles. The Balaban J connectivity index is 1.13. The number of alkyl halides is 3. The predicted molar refractivity (Wildman–Crippen MR) is 165 cm³/mol. The minimum absolute atomic E-state index is 0.366. The topological polar surface area (TPSA) is 57.7 Å². The molecule has 43 heavy (non-hydrogen) atoms. The van der Waals surface area contributed by atoms with Crippen molar-refractivity contribution in [3.63, 3.8) is 0 Å². The maximum absolute atomic E-state index is 13.8. The van der Waals surface area contributed by atoms with Crippen molar-refractivity contribution in [2.75, 3.05) is 44.2 Å². The zero-order chi connectivity index (χ0) is 30.0. The lowest BCUT2D eigenvalue weighted by atomic mass is 9.68. The maximum atomic E-state index is 13.8. The number of piperazine rings is 1. The van der Waals surface area contributed by atoms with Crippen molar-refractivity contribution in [3.8, 4) is 11.5 Å². The SMILES string of the molecule is O=C(NCC(F)(F)F)C1(CCCCN2CCN(c3ccc4cc(Br)ccc4n3)CC2)c2ccccc2Oc2ccccc21. The van der Waals surface area contributed by atoms with Gasteiger partial charge in [0.15, 0.2) is 0 Å². The van der Waals surface area contributed by atoms with Crippen LogP contribution >= 0.6 is 15.9 Å². The van der Waals surface area contributed by atoms with Gasteiger partial charge < -0.3 is 15.0 Å². The number of amides is 1. The summed E-state index contributed by atoms with van der Waals surface area (Å²) in [5.41, 5.74) is 0.870. The molecule has 3 aromatic carbocycles. The maximum Gasteiger partial charge on any atom is 0.405 e. The van der Waals surface area contributed by atoms with Gasteiger partial charge in [0.05, 0.1) is 5.52 Å². The van der Waals surface area contributed by atoms with E-state index in [-0.39, 0.29) is 0 Å². The first-order valence-corrected chi connectivity index (χ1v) is 15.3. The molecule has 1 fully saturated rings. The van der Waals surface area contributed by atoms with Crippen molar-refractivity contribution in [1.82, 2.24) is 15.2 Å². The standard InChI is InChI=1S/C33H32BrF3N4O2/c34-24-12-13-27-23(21-24)11-14-30(39-27)41-19-17-40(18-20-41)16-6-5-15-32(31(42)38-22-33(35,36)37)25-7-1-3-9-28(25)43-29-10-4-2-8-26(29)32/h1-4,7-14,21H,5-6,15-20,22H2,(H,38,42). The third-order valence-corrected chi connectivity index (χ3v) is 8.85. The van der Waals surface area contributed by atoms with E-state index in [9.17, 15) is 18.0 Å². The summed E-state index contributed by atoms with van der Waals surface area (Å²) in [6.07, 6.45) is -2.68. The monoisotopic (exact) mass is 652 g/mol. The van der Waals surface area contributed by atoms with Crippen LogP contribution in [-0.4, -0.2) is 61.2 Å². The lowest BCUT2D eigenvalue weighted by Gasteiger charge is -2.39. The zero-order valence-corrected chi connectivity index (χ0v) is 25.1. The van der Waals surface area contributed by atoms with E-state index < -0.39 is 24.0 Å². The van der Waals surface area contributed by atoms with Crippen LogP contribution in [0.15, 0.2) is 83.3 Å². The Morgan fingerprint density at radius 3 is 2.26 bits per heavy atom. The van der Waals surface area contributed by atoms with Gasteiger partial charge in [0, 0.05) is 47.2 Å². The van der Waals surface area contributed by atoms with Crippen LogP contribution in [0.3, 0.4) is 0 Å². The molecule has 10 heteroatoms. The summed E-state index contributed by atoms with van der Waals surface area (Å²) >= 11 is 3.51. The van der Waals surface area contributed by atoms with Gasteiger partial charge in [0.2, 0.25) is 5.91 Å². The number of hydrogen-bond acceptors (Lipinski definition) is 5. The van der Waals surface area contributed by atoms with Crippen molar-refractivity contribution in [2.24, 2.45) is 0 Å². The summed E-state index contributed by atoms with van der Waals surface area (Å²) in [5.74, 6) is 1.30. The summed E-state index contributed by atoms with van der Waals surface area (Å²) in [7, 11) is 0. The fraction of sp³-hybridized carbons (Fsp3) is 0.333. The lowest BCUT2D eigenvalue weighted by molar-refractivity contribution is -0.141. The fourth-order valence-electron chi connectivity index (χ4n) is 6.23. The smallest absolute Gasteiger partial charge is 0.405 e. The summed E-state index contributed by atoms with van der Waals surface area (Å²) in [6, 6.07) is 24.5. The molecule has 1 saturated heterocycles. The number of ether oxygens (including phenoxy) is 1. The molecule has 0 radical (unpaired) electrons. The quantitative estimate of drug-likeness (QED) is 0.207. The second-order valence-electron chi connectivity index (χ2n) is 11.1. The third-order valence-electron chi connectivity index (χ3n) is 8.36. The molecular formula is C33H32BrF3N4O2. The number of unbranched alkanes of at least 4 members (excludes halogenated alkanes) is 1. The first kappa shape index (κ1) is 29.4. The molecular weight excluding hydrogens is 621 g/mol. The Hall–Kier alpha value is -3.63. The minimum Gasteiger partial charge on any atom is -0.457 e. The summed E-state index contributed by atoms with van der Waals surface area (Å²) in [4.78, 5) is 23.3. The zero-order valence-electron chi connectivity index (χ0n) is 23.5. The highest BCUT2D eigenvalue weighted by Crippen LogP contribution is 2.50. The second kappa shape index (κ2) is 12.2. The van der Waals surface area contributed by atoms with E-state index in [0.717, 1.165) is 60.3 Å². The first-order chi connectivity index (χ1) is 20.7. The Labute approximate surface area is 257 Å². The Kier molecular flexibility index (Phi) is 8.33. The number of pyridine rings is 1. The molecule has 0 unspecified atom stereocenters. The molecule has 1 aromatic heterocycles. The number of nitrogens with zero attached hydrogens (tertiary/aromatic N) is 3. The summed E-state index contributed by atoms with van der Waals surface area (Å²) in [5, 5.41) is 3.29. The van der Waals surface area contributed by atoms with Crippen molar-refractivity contribution in [3.05, 3.63) is 94.5 Å². The predicted octanol–water partition coefficient (Wildman–Crippen LogP) is 7.06. The van der Waals surface area contributed by atoms with E-state index in [0.29, 0.717) is 35.5 Å². The number of carbonyl (C=O) groups is 1. The van der Waals surface area contributed by atoms with Gasteiger partial charge in [-0.1, -0.05) is 58.7 Å². The van der Waals surface area contributed by atoms with Gasteiger partial charge in [0.25, 0.3) is 0 Å². The number of carbonyl (C=O) groups excluding carboxylic acids is 1. The van der Waals surface area contributed by atoms with Gasteiger partial charge in [0.1, 0.15) is 29.3 Å². The van der Waals surface area contributed by atoms with Crippen LogP contribution < -0.4 is 15.0 Å². The van der Waals surface area contributed by atoms with E-state index in [1.54, 1.807) is 48.5 Å². The van der Waals surface area contributed by atoms with Gasteiger partial charge in [-0.15, -0.1) is 0 Å². The molecule has 6 rings (SSSR count). The van der Waals surface area contributed by atoms with Gasteiger partial charge >= 0.3 is 6.18 Å². The van der Waals surface area contributed by atoms with Gasteiger partial charge in [-0.2, -0.15) is 13.2 Å². The number of rotatable bonds is 8. The van der Waals surface area contributed by atoms with Crippen LogP contribution in [0.4, 0.5) is 19.0 Å². The molecule has 224 valence electrons. The van der Waals surface area contributed by atoms with E-state index in [1.165, 1.54) is 0 Å². The molecule has 0 saturated carbocycles. The Morgan fingerprint density at radius 2 is 1.58 bits per heavy atom. The molecule has 1 N–H and O–H groups in total. The largest absolute Gasteiger partial charge is 0.457 e. The molecule has 6 nitrogen and oxygen atoms in total. The van der Waals surface area contributed by atoms with E-state index >= 15 is 0 Å². The number of para-hydroxylation sites is 2. The van der Waals surface area contributed by atoms with Gasteiger partial charge in [-0.3, -0.25) is 9.69 Å². The Morgan fingerprint density at radius 1 is 0.907 bits per heavy atom. The van der Waals surface area contributed by atoms with Crippen LogP contribution in [0, 0.1) is 0 Å². The van der Waals surface area contributed by atoms with Crippen LogP contribution in [0.2, 0.25) is 0 Å². The second-order valence-corrected chi connectivity index (χ2v) is 12.0. The van der Waals surface area contributed by atoms with Gasteiger partial charge in [-0.05, 0) is 61.9 Å². The van der Waals surface area contributed by atoms with Crippen LogP contribution in [0.5, 0.6) is 11.5 Å². The van der Waals surface area contributed by atoms with Crippen molar-refractivity contribution >= 4 is 38.6 Å². The average Bonchev–Trinajstić information content (AvgIpc) is 3.01. The number of anilines is 1. The molecule has 4 aromatic rings. The summed E-state index contributed by atoms with van der Waals surface area (Å²) in [6.45, 7) is 2.95. The van der Waals surface area contributed by atoms with Crippen LogP contribution in [-0.2, 0) is 10.2 Å². The molecule has 2 aliphatic rings. The molecule has 0 atom stereocenters. The summed E-state index contributed by atoms with van der Waals surface area (Å²) < 4.78 is 46.6. The molecule has 2 aliphatic heterocycles. The molecule has 0 spiro atoms. The van der Waals surface area contributed by atoms with Crippen molar-refractivity contribution in [1.29, 1.82) is 0 Å². The normalized spacial score (nSPS) is 16.3. The highest BCUT2D eigenvalue weighted by atomic mass is 79.9. The number of benzene rings is 3. The van der Waals surface area contributed by atoms with E-state index in [1.807, 2.05) is 12.1 Å². The van der Waals surface area contributed by atoms with Crippen molar-refractivity contribution in [2.45, 2.75) is 30.9 Å². The highest BCUT2D eigenvalue weighted by molar-refractivity contribution is 9.10. The fourth-order valence-corrected chi connectivity index (χ4v) is 6.61. The van der Waals surface area contributed by atoms with Crippen molar-refractivity contribution < 1.29 is 22.7 Å². The Bertz CT molecular complexity index is 1580. The minimum atomic E-state index is -4.51. The third kappa shape index (κ3) is 6.21. The van der Waals surface area contributed by atoms with Crippen LogP contribution in [0.25, 0.3) is 10.9 Å². The number of hydrogen-bond donors (Lipinski definition) is 1. The number of nitrogens with one attached hydrogen (secondary N) is 1. The lowest BCUT2D eigenvalue weighted by Crippen LogP contribution is -2.49. The number of halogens is 4. The number of aromatic nitrogens is 1. The molecule has 0 aliphatic carbocycles.